The summed E-state index contributed by atoms with van der Waals surface area (Å²) in [4.78, 5) is 28.8. The SMILES string of the molecule is O=C(C1CCC(O)CC1)N1CCc2cc[nH]c(=O)c2C1. The van der Waals surface area contributed by atoms with Gasteiger partial charge in [0.05, 0.1) is 12.6 Å². The van der Waals surface area contributed by atoms with E-state index in [4.69, 9.17) is 0 Å². The van der Waals surface area contributed by atoms with Crippen molar-refractivity contribution < 1.29 is 9.90 Å². The van der Waals surface area contributed by atoms with Gasteiger partial charge in [-0.1, -0.05) is 0 Å². The van der Waals surface area contributed by atoms with Gasteiger partial charge >= 0.3 is 0 Å². The molecule has 0 radical (unpaired) electrons. The number of pyridine rings is 1. The first kappa shape index (κ1) is 13.4. The van der Waals surface area contributed by atoms with Gasteiger partial charge in [0.15, 0.2) is 0 Å². The lowest BCUT2D eigenvalue weighted by molar-refractivity contribution is -0.138. The molecule has 0 unspecified atom stereocenters. The van der Waals surface area contributed by atoms with Gasteiger partial charge in [-0.15, -0.1) is 0 Å². The van der Waals surface area contributed by atoms with Crippen LogP contribution in [0, 0.1) is 5.92 Å². The summed E-state index contributed by atoms with van der Waals surface area (Å²) in [5.41, 5.74) is 1.69. The average Bonchev–Trinajstić information content (AvgIpc) is 2.47. The van der Waals surface area contributed by atoms with Gasteiger partial charge in [-0.25, -0.2) is 0 Å². The number of aliphatic hydroxyl groups is 1. The van der Waals surface area contributed by atoms with Crippen molar-refractivity contribution in [2.45, 2.75) is 44.8 Å². The monoisotopic (exact) mass is 276 g/mol. The molecule has 1 aliphatic carbocycles. The van der Waals surface area contributed by atoms with Crippen molar-refractivity contribution in [1.29, 1.82) is 0 Å². The third kappa shape index (κ3) is 2.50. The predicted molar refractivity (Wildman–Crippen MR) is 74.1 cm³/mol. The normalized spacial score (nSPS) is 26.1. The minimum absolute atomic E-state index is 0.0164. The number of rotatable bonds is 1. The van der Waals surface area contributed by atoms with Gasteiger partial charge < -0.3 is 15.0 Å². The van der Waals surface area contributed by atoms with Crippen LogP contribution in [0.4, 0.5) is 0 Å². The fraction of sp³-hybridized carbons (Fsp3) is 0.600. The summed E-state index contributed by atoms with van der Waals surface area (Å²) in [5.74, 6) is 0.161. The Labute approximate surface area is 117 Å². The summed E-state index contributed by atoms with van der Waals surface area (Å²) in [6.07, 6.45) is 5.11. The summed E-state index contributed by atoms with van der Waals surface area (Å²) in [6, 6.07) is 1.93. The summed E-state index contributed by atoms with van der Waals surface area (Å²) in [5, 5.41) is 9.52. The van der Waals surface area contributed by atoms with E-state index in [0.29, 0.717) is 25.9 Å². The zero-order chi connectivity index (χ0) is 14.1. The van der Waals surface area contributed by atoms with Crippen LogP contribution in [-0.2, 0) is 17.8 Å². The smallest absolute Gasteiger partial charge is 0.253 e. The highest BCUT2D eigenvalue weighted by Crippen LogP contribution is 2.27. The summed E-state index contributed by atoms with van der Waals surface area (Å²) in [6.45, 7) is 1.11. The van der Waals surface area contributed by atoms with Crippen LogP contribution in [0.5, 0.6) is 0 Å². The minimum Gasteiger partial charge on any atom is -0.393 e. The molecule has 2 aliphatic rings. The maximum absolute atomic E-state index is 12.5. The van der Waals surface area contributed by atoms with E-state index in [1.54, 1.807) is 11.1 Å². The van der Waals surface area contributed by atoms with E-state index in [2.05, 4.69) is 4.98 Å². The molecule has 3 rings (SSSR count). The van der Waals surface area contributed by atoms with Crippen LogP contribution in [0.3, 0.4) is 0 Å². The molecule has 1 saturated carbocycles. The number of amides is 1. The van der Waals surface area contributed by atoms with Crippen molar-refractivity contribution in [1.82, 2.24) is 9.88 Å². The lowest BCUT2D eigenvalue weighted by atomic mass is 9.86. The van der Waals surface area contributed by atoms with Gasteiger partial charge in [-0.3, -0.25) is 9.59 Å². The van der Waals surface area contributed by atoms with Crippen LogP contribution in [-0.4, -0.2) is 33.5 Å². The van der Waals surface area contributed by atoms with Crippen LogP contribution in [0.1, 0.15) is 36.8 Å². The molecular formula is C15H20N2O3. The van der Waals surface area contributed by atoms with Crippen molar-refractivity contribution in [3.63, 3.8) is 0 Å². The molecule has 5 heteroatoms. The number of fused-ring (bicyclic) bond motifs is 1. The molecule has 108 valence electrons. The molecule has 2 N–H and O–H groups in total. The second-order valence-corrected chi connectivity index (χ2v) is 5.83. The number of carbonyl (C=O) groups is 1. The first-order valence-corrected chi connectivity index (χ1v) is 7.31. The van der Waals surface area contributed by atoms with Crippen LogP contribution < -0.4 is 5.56 Å². The van der Waals surface area contributed by atoms with Crippen LogP contribution in [0.25, 0.3) is 0 Å². The predicted octanol–water partition coefficient (Wildman–Crippen LogP) is 0.811. The molecule has 1 aliphatic heterocycles. The number of hydrogen-bond acceptors (Lipinski definition) is 3. The molecule has 0 aromatic carbocycles. The standard InChI is InChI=1S/C15H20N2O3/c18-12-3-1-11(2-4-12)15(20)17-8-6-10-5-7-16-14(19)13(10)9-17/h5,7,11-12,18H,1-4,6,8-9H2,(H,16,19). The molecule has 5 nitrogen and oxygen atoms in total. The first-order chi connectivity index (χ1) is 9.65. The zero-order valence-corrected chi connectivity index (χ0v) is 11.5. The Morgan fingerprint density at radius 2 is 2.05 bits per heavy atom. The molecular weight excluding hydrogens is 256 g/mol. The van der Waals surface area contributed by atoms with E-state index in [1.165, 1.54) is 0 Å². The topological polar surface area (TPSA) is 73.4 Å². The molecule has 1 aromatic heterocycles. The quantitative estimate of drug-likeness (QED) is 0.797. The molecule has 0 saturated heterocycles. The lowest BCUT2D eigenvalue weighted by Crippen LogP contribution is -2.42. The molecule has 1 fully saturated rings. The number of H-pyrrole nitrogens is 1. The number of nitrogens with one attached hydrogen (secondary N) is 1. The molecule has 2 heterocycles. The van der Waals surface area contributed by atoms with Crippen LogP contribution in [0.2, 0.25) is 0 Å². The number of hydrogen-bond donors (Lipinski definition) is 2. The van der Waals surface area contributed by atoms with E-state index < -0.39 is 0 Å². The van der Waals surface area contributed by atoms with Crippen molar-refractivity contribution in [2.75, 3.05) is 6.54 Å². The largest absolute Gasteiger partial charge is 0.393 e. The maximum Gasteiger partial charge on any atom is 0.253 e. The van der Waals surface area contributed by atoms with E-state index >= 15 is 0 Å². The van der Waals surface area contributed by atoms with E-state index in [-0.39, 0.29) is 23.5 Å². The van der Waals surface area contributed by atoms with Crippen molar-refractivity contribution in [3.05, 3.63) is 33.7 Å². The molecule has 1 amide bonds. The van der Waals surface area contributed by atoms with Crippen LogP contribution in [0.15, 0.2) is 17.1 Å². The van der Waals surface area contributed by atoms with Crippen molar-refractivity contribution in [2.24, 2.45) is 5.92 Å². The molecule has 0 atom stereocenters. The Morgan fingerprint density at radius 1 is 1.30 bits per heavy atom. The maximum atomic E-state index is 12.5. The highest BCUT2D eigenvalue weighted by atomic mass is 16.3. The first-order valence-electron chi connectivity index (χ1n) is 7.31. The Hall–Kier alpha value is -1.62. The molecule has 0 bridgehead atoms. The second-order valence-electron chi connectivity index (χ2n) is 5.83. The molecule has 0 spiro atoms. The van der Waals surface area contributed by atoms with E-state index in [1.807, 2.05) is 6.07 Å². The van der Waals surface area contributed by atoms with Crippen molar-refractivity contribution >= 4 is 5.91 Å². The van der Waals surface area contributed by atoms with Gasteiger partial charge in [0.25, 0.3) is 5.56 Å². The van der Waals surface area contributed by atoms with Gasteiger partial charge in [-0.2, -0.15) is 0 Å². The highest BCUT2D eigenvalue weighted by Gasteiger charge is 2.31. The van der Waals surface area contributed by atoms with Gasteiger partial charge in [0, 0.05) is 24.2 Å². The number of aliphatic hydroxyl groups excluding tert-OH is 1. The fourth-order valence-corrected chi connectivity index (χ4v) is 3.25. The summed E-state index contributed by atoms with van der Waals surface area (Å²) in [7, 11) is 0. The van der Waals surface area contributed by atoms with Gasteiger partial charge in [0.2, 0.25) is 5.91 Å². The zero-order valence-electron chi connectivity index (χ0n) is 11.5. The summed E-state index contributed by atoms with van der Waals surface area (Å²) < 4.78 is 0. The molecule has 20 heavy (non-hydrogen) atoms. The number of nitrogens with zero attached hydrogens (tertiary/aromatic N) is 1. The van der Waals surface area contributed by atoms with E-state index in [9.17, 15) is 14.7 Å². The average molecular weight is 276 g/mol. The number of carbonyl (C=O) groups excluding carboxylic acids is 1. The van der Waals surface area contributed by atoms with Gasteiger partial charge in [0.1, 0.15) is 0 Å². The van der Waals surface area contributed by atoms with Crippen LogP contribution >= 0.6 is 0 Å². The molecule has 1 aromatic rings. The Bertz CT molecular complexity index is 558. The number of aromatic nitrogens is 1. The minimum atomic E-state index is -0.246. The summed E-state index contributed by atoms with van der Waals surface area (Å²) >= 11 is 0. The Balaban J connectivity index is 1.72. The van der Waals surface area contributed by atoms with Gasteiger partial charge in [-0.05, 0) is 43.7 Å². The Kier molecular flexibility index (Phi) is 3.61. The number of aromatic amines is 1. The Morgan fingerprint density at radius 3 is 2.80 bits per heavy atom. The fourth-order valence-electron chi connectivity index (χ4n) is 3.25. The second kappa shape index (κ2) is 5.40. The third-order valence-electron chi connectivity index (χ3n) is 4.52. The van der Waals surface area contributed by atoms with Crippen molar-refractivity contribution in [3.8, 4) is 0 Å². The third-order valence-corrected chi connectivity index (χ3v) is 4.52. The highest BCUT2D eigenvalue weighted by molar-refractivity contribution is 5.79. The lowest BCUT2D eigenvalue weighted by Gasteiger charge is -2.33. The van der Waals surface area contributed by atoms with E-state index in [0.717, 1.165) is 30.4 Å².